The van der Waals surface area contributed by atoms with Crippen LogP contribution in [0.25, 0.3) is 0 Å². The van der Waals surface area contributed by atoms with Crippen LogP contribution >= 0.6 is 0 Å². The summed E-state index contributed by atoms with van der Waals surface area (Å²) in [6.07, 6.45) is -0.388. The lowest BCUT2D eigenvalue weighted by Crippen LogP contribution is -2.51. The van der Waals surface area contributed by atoms with E-state index in [-0.39, 0.29) is 11.9 Å². The van der Waals surface area contributed by atoms with E-state index >= 15 is 0 Å². The molecule has 1 amide bonds. The minimum absolute atomic E-state index is 0.236. The van der Waals surface area contributed by atoms with Gasteiger partial charge in [0.2, 0.25) is 0 Å². The average molecular weight is 424 g/mol. The summed E-state index contributed by atoms with van der Waals surface area (Å²) >= 11 is 0. The van der Waals surface area contributed by atoms with Gasteiger partial charge in [0.1, 0.15) is 11.4 Å². The molecule has 2 N–H and O–H groups in total. The molecule has 1 aliphatic heterocycles. The number of nitrogens with zero attached hydrogens (tertiary/aromatic N) is 4. The molecule has 8 nitrogen and oxygen atoms in total. The third kappa shape index (κ3) is 7.70. The quantitative estimate of drug-likeness (QED) is 0.534. The van der Waals surface area contributed by atoms with E-state index in [0.29, 0.717) is 32.2 Å². The monoisotopic (exact) mass is 423 g/mol. The fraction of sp³-hybridized carbons (Fsp3) is 0.619. The second-order valence-electron chi connectivity index (χ2n) is 8.15. The van der Waals surface area contributed by atoms with Gasteiger partial charge in [-0.15, -0.1) is 0 Å². The van der Waals surface area contributed by atoms with E-state index in [9.17, 15) is 9.18 Å². The number of rotatable bonds is 7. The van der Waals surface area contributed by atoms with Crippen molar-refractivity contribution >= 4 is 17.7 Å². The topological polar surface area (TPSA) is 83.6 Å². The number of benzene rings is 1. The van der Waals surface area contributed by atoms with Crippen LogP contribution in [0, 0.1) is 5.82 Å². The van der Waals surface area contributed by atoms with Crippen LogP contribution in [0.2, 0.25) is 0 Å². The number of hydrogen-bond donors (Lipinski definition) is 1. The molecule has 1 aromatic rings. The number of carbonyl (C=O) groups excluding carboxylic acids is 1. The molecule has 0 atom stereocenters. The summed E-state index contributed by atoms with van der Waals surface area (Å²) in [5.74, 6) is 0.226. The van der Waals surface area contributed by atoms with Crippen molar-refractivity contribution < 1.29 is 18.7 Å². The Hall–Kier alpha value is -2.55. The second-order valence-corrected chi connectivity index (χ2v) is 8.15. The molecule has 1 aromatic carbocycles. The molecule has 0 saturated carbocycles. The normalized spacial score (nSPS) is 15.3. The summed E-state index contributed by atoms with van der Waals surface area (Å²) in [6, 6.07) is 6.51. The molecule has 1 heterocycles. The molecule has 9 heteroatoms. The average Bonchev–Trinajstić information content (AvgIpc) is 2.69. The maximum absolute atomic E-state index is 13.1. The molecule has 0 bridgehead atoms. The number of methoxy groups -OCH3 is 1. The van der Waals surface area contributed by atoms with Gasteiger partial charge in [0.25, 0.3) is 0 Å². The Balaban J connectivity index is 1.84. The Morgan fingerprint density at radius 2 is 1.80 bits per heavy atom. The molecule has 0 spiro atoms. The van der Waals surface area contributed by atoms with Gasteiger partial charge in [-0.05, 0) is 45.0 Å². The summed E-state index contributed by atoms with van der Waals surface area (Å²) < 4.78 is 23.6. The number of halogens is 1. The van der Waals surface area contributed by atoms with E-state index < -0.39 is 5.60 Å². The van der Waals surface area contributed by atoms with Crippen LogP contribution in [-0.2, 0) is 9.47 Å². The van der Waals surface area contributed by atoms with Crippen LogP contribution in [-0.4, -0.2) is 87.0 Å². The molecule has 0 unspecified atom stereocenters. The van der Waals surface area contributed by atoms with Gasteiger partial charge in [0.15, 0.2) is 5.96 Å². The van der Waals surface area contributed by atoms with Crippen LogP contribution in [0.15, 0.2) is 29.3 Å². The lowest BCUT2D eigenvalue weighted by molar-refractivity contribution is 0.0208. The number of aliphatic imine (C=N–C) groups is 1. The molecule has 30 heavy (non-hydrogen) atoms. The van der Waals surface area contributed by atoms with E-state index in [0.717, 1.165) is 31.9 Å². The van der Waals surface area contributed by atoms with Gasteiger partial charge < -0.3 is 29.9 Å². The largest absolute Gasteiger partial charge is 0.444 e. The first-order valence-corrected chi connectivity index (χ1v) is 10.2. The number of nitrogens with two attached hydrogens (primary N) is 1. The van der Waals surface area contributed by atoms with Gasteiger partial charge in [0, 0.05) is 52.1 Å². The molecule has 1 saturated heterocycles. The van der Waals surface area contributed by atoms with Crippen molar-refractivity contribution in [1.82, 2.24) is 9.80 Å². The predicted molar refractivity (Wildman–Crippen MR) is 116 cm³/mol. The maximum Gasteiger partial charge on any atom is 0.410 e. The van der Waals surface area contributed by atoms with Crippen LogP contribution in [0.3, 0.4) is 0 Å². The molecule has 1 fully saturated rings. The smallest absolute Gasteiger partial charge is 0.410 e. The number of piperazine rings is 1. The van der Waals surface area contributed by atoms with E-state index in [1.54, 1.807) is 24.1 Å². The van der Waals surface area contributed by atoms with Crippen molar-refractivity contribution in [2.75, 3.05) is 64.4 Å². The number of guanidine groups is 1. The highest BCUT2D eigenvalue weighted by atomic mass is 19.1. The lowest BCUT2D eigenvalue weighted by atomic mass is 10.2. The Kier molecular flexibility index (Phi) is 8.71. The zero-order valence-corrected chi connectivity index (χ0v) is 18.4. The molecule has 1 aliphatic rings. The third-order valence-electron chi connectivity index (χ3n) is 4.66. The minimum Gasteiger partial charge on any atom is -0.444 e. The van der Waals surface area contributed by atoms with Crippen LogP contribution < -0.4 is 10.6 Å². The number of amides is 1. The fourth-order valence-corrected chi connectivity index (χ4v) is 3.05. The molecule has 0 radical (unpaired) electrons. The first-order valence-electron chi connectivity index (χ1n) is 10.2. The van der Waals surface area contributed by atoms with Gasteiger partial charge in [-0.25, -0.2) is 9.18 Å². The number of hydrogen-bond acceptors (Lipinski definition) is 5. The fourth-order valence-electron chi connectivity index (χ4n) is 3.05. The summed E-state index contributed by atoms with van der Waals surface area (Å²) in [7, 11) is 1.59. The van der Waals surface area contributed by atoms with Crippen molar-refractivity contribution in [3.8, 4) is 0 Å². The Labute approximate surface area is 178 Å². The van der Waals surface area contributed by atoms with E-state index in [1.807, 2.05) is 25.7 Å². The summed E-state index contributed by atoms with van der Waals surface area (Å²) in [5, 5.41) is 0. The number of ether oxygens (including phenoxy) is 2. The molecule has 168 valence electrons. The van der Waals surface area contributed by atoms with Crippen LogP contribution in [0.5, 0.6) is 0 Å². The van der Waals surface area contributed by atoms with Crippen molar-refractivity contribution in [2.24, 2.45) is 10.7 Å². The summed E-state index contributed by atoms with van der Waals surface area (Å²) in [4.78, 5) is 22.6. The Morgan fingerprint density at radius 1 is 1.17 bits per heavy atom. The first kappa shape index (κ1) is 23.7. The first-order chi connectivity index (χ1) is 14.2. The van der Waals surface area contributed by atoms with Gasteiger partial charge >= 0.3 is 6.09 Å². The van der Waals surface area contributed by atoms with Crippen LogP contribution in [0.4, 0.5) is 14.9 Å². The van der Waals surface area contributed by atoms with Crippen LogP contribution in [0.1, 0.15) is 20.8 Å². The molecule has 2 rings (SSSR count). The van der Waals surface area contributed by atoms with Gasteiger partial charge in [-0.3, -0.25) is 4.99 Å². The second kappa shape index (κ2) is 11.0. The summed E-state index contributed by atoms with van der Waals surface area (Å²) in [5.41, 5.74) is 6.60. The number of carbonyl (C=O) groups is 1. The minimum atomic E-state index is -0.561. The third-order valence-corrected chi connectivity index (χ3v) is 4.66. The zero-order valence-electron chi connectivity index (χ0n) is 18.4. The zero-order chi connectivity index (χ0) is 22.1. The summed E-state index contributed by atoms with van der Waals surface area (Å²) in [6.45, 7) is 10.1. The van der Waals surface area contributed by atoms with E-state index in [1.165, 1.54) is 12.1 Å². The highest BCUT2D eigenvalue weighted by molar-refractivity contribution is 5.78. The van der Waals surface area contributed by atoms with Crippen molar-refractivity contribution in [3.63, 3.8) is 0 Å². The molecular weight excluding hydrogens is 389 g/mol. The highest BCUT2D eigenvalue weighted by Crippen LogP contribution is 2.17. The van der Waals surface area contributed by atoms with Gasteiger partial charge in [-0.1, -0.05) is 0 Å². The van der Waals surface area contributed by atoms with Crippen molar-refractivity contribution in [1.29, 1.82) is 0 Å². The SMILES string of the molecule is COCCN(CCN=C(N)N1CCN(c2ccc(F)cc2)CC1)C(=O)OC(C)(C)C. The maximum atomic E-state index is 13.1. The van der Waals surface area contributed by atoms with E-state index in [4.69, 9.17) is 15.2 Å². The highest BCUT2D eigenvalue weighted by Gasteiger charge is 2.22. The standard InChI is InChI=1S/C21H34FN5O3/c1-21(2,3)30-20(28)27(15-16-29-4)10-9-24-19(23)26-13-11-25(12-14-26)18-7-5-17(22)6-8-18/h5-8H,9-16H2,1-4H3,(H2,23,24). The van der Waals surface area contributed by atoms with Gasteiger partial charge in [-0.2, -0.15) is 0 Å². The predicted octanol–water partition coefficient (Wildman–Crippen LogP) is 2.15. The van der Waals surface area contributed by atoms with Crippen molar-refractivity contribution in [3.05, 3.63) is 30.1 Å². The number of anilines is 1. The van der Waals surface area contributed by atoms with Crippen molar-refractivity contribution in [2.45, 2.75) is 26.4 Å². The molecule has 0 aliphatic carbocycles. The van der Waals surface area contributed by atoms with Gasteiger partial charge in [0.05, 0.1) is 13.2 Å². The molecule has 0 aromatic heterocycles. The lowest BCUT2D eigenvalue weighted by Gasteiger charge is -2.36. The molecular formula is C21H34FN5O3. The van der Waals surface area contributed by atoms with E-state index in [2.05, 4.69) is 9.89 Å². The Morgan fingerprint density at radius 3 is 2.37 bits per heavy atom. The Bertz CT molecular complexity index is 698.